The lowest BCUT2D eigenvalue weighted by atomic mass is 10.1. The minimum Gasteiger partial charge on any atom is -0.508 e. The van der Waals surface area contributed by atoms with Crippen LogP contribution in [0.15, 0.2) is 24.3 Å². The van der Waals surface area contributed by atoms with E-state index in [1.165, 1.54) is 0 Å². The van der Waals surface area contributed by atoms with Crippen LogP contribution in [0.4, 0.5) is 0 Å². The summed E-state index contributed by atoms with van der Waals surface area (Å²) in [6.45, 7) is 6.86. The molecule has 1 amide bonds. The van der Waals surface area contributed by atoms with Crippen LogP contribution in [0.5, 0.6) is 5.75 Å². The van der Waals surface area contributed by atoms with Gasteiger partial charge in [0.1, 0.15) is 5.75 Å². The number of aromatic hydroxyl groups is 1. The van der Waals surface area contributed by atoms with Gasteiger partial charge in [0.2, 0.25) is 5.91 Å². The van der Waals surface area contributed by atoms with Crippen molar-refractivity contribution >= 4 is 5.91 Å². The molecule has 0 aliphatic carbocycles. The van der Waals surface area contributed by atoms with Crippen molar-refractivity contribution < 1.29 is 9.90 Å². The third kappa shape index (κ3) is 3.77. The summed E-state index contributed by atoms with van der Waals surface area (Å²) in [5, 5.41) is 9.35. The number of hydrogen-bond acceptors (Lipinski definition) is 2. The van der Waals surface area contributed by atoms with E-state index in [-0.39, 0.29) is 17.7 Å². The summed E-state index contributed by atoms with van der Waals surface area (Å²) in [7, 11) is 0. The number of hydrogen-bond donors (Lipinski definition) is 1. The summed E-state index contributed by atoms with van der Waals surface area (Å²) < 4.78 is 0. The first kappa shape index (κ1) is 13.6. The summed E-state index contributed by atoms with van der Waals surface area (Å²) in [5.74, 6) is 0.328. The maximum Gasteiger partial charge on any atom is 0.227 e. The summed E-state index contributed by atoms with van der Waals surface area (Å²) in [6.07, 6.45) is 1.31. The molecular weight excluding hydrogens is 214 g/mol. The van der Waals surface area contributed by atoms with Gasteiger partial charge in [0.15, 0.2) is 0 Å². The summed E-state index contributed by atoms with van der Waals surface area (Å²) in [5.41, 5.74) is 0.858. The van der Waals surface area contributed by atoms with E-state index in [2.05, 4.69) is 13.8 Å². The molecule has 0 aliphatic rings. The molecule has 17 heavy (non-hydrogen) atoms. The van der Waals surface area contributed by atoms with Crippen molar-refractivity contribution in [1.82, 2.24) is 4.90 Å². The zero-order valence-corrected chi connectivity index (χ0v) is 10.8. The van der Waals surface area contributed by atoms with E-state index in [0.29, 0.717) is 6.42 Å². The predicted octanol–water partition coefficient (Wildman–Crippen LogP) is 2.58. The van der Waals surface area contributed by atoms with Gasteiger partial charge in [-0.3, -0.25) is 4.79 Å². The van der Waals surface area contributed by atoms with E-state index < -0.39 is 0 Å². The molecule has 1 unspecified atom stereocenters. The van der Waals surface area contributed by atoms with E-state index >= 15 is 0 Å². The van der Waals surface area contributed by atoms with Crippen LogP contribution in [0, 0.1) is 0 Å². The number of rotatable bonds is 5. The molecule has 0 fully saturated rings. The lowest BCUT2D eigenvalue weighted by Crippen LogP contribution is -2.39. The first-order valence-corrected chi connectivity index (χ1v) is 6.15. The molecule has 0 aliphatic heterocycles. The molecule has 1 N–H and O–H groups in total. The average molecular weight is 235 g/mol. The molecule has 0 radical (unpaired) electrons. The standard InChI is InChI=1S/C14H21NO2/c1-4-11(3)15(5-2)14(17)10-12-7-6-8-13(16)9-12/h6-9,11,16H,4-5,10H2,1-3H3. The highest BCUT2D eigenvalue weighted by atomic mass is 16.3. The van der Waals surface area contributed by atoms with E-state index in [0.717, 1.165) is 18.5 Å². The quantitative estimate of drug-likeness (QED) is 0.852. The first-order chi connectivity index (χ1) is 8.08. The third-order valence-electron chi connectivity index (χ3n) is 3.05. The second-order valence-electron chi connectivity index (χ2n) is 4.28. The second-order valence-corrected chi connectivity index (χ2v) is 4.28. The molecule has 3 nitrogen and oxygen atoms in total. The number of nitrogens with zero attached hydrogens (tertiary/aromatic N) is 1. The summed E-state index contributed by atoms with van der Waals surface area (Å²) in [6, 6.07) is 7.15. The highest BCUT2D eigenvalue weighted by Crippen LogP contribution is 2.13. The highest BCUT2D eigenvalue weighted by molar-refractivity contribution is 5.79. The van der Waals surface area contributed by atoms with Crippen molar-refractivity contribution in [2.75, 3.05) is 6.54 Å². The van der Waals surface area contributed by atoms with Gasteiger partial charge >= 0.3 is 0 Å². The number of amides is 1. The van der Waals surface area contributed by atoms with Gasteiger partial charge in [-0.25, -0.2) is 0 Å². The van der Waals surface area contributed by atoms with E-state index in [9.17, 15) is 9.90 Å². The number of likely N-dealkylation sites (N-methyl/N-ethyl adjacent to an activating group) is 1. The smallest absolute Gasteiger partial charge is 0.227 e. The number of phenols is 1. The lowest BCUT2D eigenvalue weighted by molar-refractivity contribution is -0.132. The largest absolute Gasteiger partial charge is 0.508 e. The van der Waals surface area contributed by atoms with Gasteiger partial charge in [-0.15, -0.1) is 0 Å². The fraction of sp³-hybridized carbons (Fsp3) is 0.500. The Balaban J connectivity index is 2.70. The van der Waals surface area contributed by atoms with Crippen LogP contribution in [0.1, 0.15) is 32.8 Å². The zero-order valence-electron chi connectivity index (χ0n) is 10.8. The maximum absolute atomic E-state index is 12.1. The SMILES string of the molecule is CCC(C)N(CC)C(=O)Cc1cccc(O)c1. The fourth-order valence-electron chi connectivity index (χ4n) is 1.90. The number of carbonyl (C=O) groups excluding carboxylic acids is 1. The minimum atomic E-state index is 0.118. The van der Waals surface area contributed by atoms with Crippen LogP contribution in [0.25, 0.3) is 0 Å². The summed E-state index contributed by atoms with van der Waals surface area (Å²) in [4.78, 5) is 14.0. The van der Waals surface area contributed by atoms with Gasteiger partial charge in [-0.2, -0.15) is 0 Å². The molecule has 1 aromatic carbocycles. The summed E-state index contributed by atoms with van der Waals surface area (Å²) >= 11 is 0. The van der Waals surface area contributed by atoms with Crippen molar-refractivity contribution in [1.29, 1.82) is 0 Å². The van der Waals surface area contributed by atoms with Gasteiger partial charge in [0.25, 0.3) is 0 Å². The van der Waals surface area contributed by atoms with Crippen LogP contribution in [-0.2, 0) is 11.2 Å². The lowest BCUT2D eigenvalue weighted by Gasteiger charge is -2.27. The molecule has 0 spiro atoms. The minimum absolute atomic E-state index is 0.118. The van der Waals surface area contributed by atoms with Crippen molar-refractivity contribution in [2.24, 2.45) is 0 Å². The van der Waals surface area contributed by atoms with E-state index in [1.807, 2.05) is 17.9 Å². The molecule has 1 rings (SSSR count). The van der Waals surface area contributed by atoms with Crippen molar-refractivity contribution in [3.63, 3.8) is 0 Å². The monoisotopic (exact) mass is 235 g/mol. The van der Waals surface area contributed by atoms with Gasteiger partial charge in [0.05, 0.1) is 6.42 Å². The zero-order chi connectivity index (χ0) is 12.8. The topological polar surface area (TPSA) is 40.5 Å². The Kier molecular flexibility index (Phi) is 5.01. The Labute approximate surface area is 103 Å². The molecular formula is C14H21NO2. The normalized spacial score (nSPS) is 12.2. The maximum atomic E-state index is 12.1. The van der Waals surface area contributed by atoms with Crippen molar-refractivity contribution in [3.8, 4) is 5.75 Å². The van der Waals surface area contributed by atoms with Gasteiger partial charge in [-0.1, -0.05) is 19.1 Å². The van der Waals surface area contributed by atoms with E-state index in [4.69, 9.17) is 0 Å². The number of phenolic OH excluding ortho intramolecular Hbond substituents is 1. The first-order valence-electron chi connectivity index (χ1n) is 6.15. The van der Waals surface area contributed by atoms with Gasteiger partial charge in [0, 0.05) is 12.6 Å². The third-order valence-corrected chi connectivity index (χ3v) is 3.05. The Hall–Kier alpha value is -1.51. The van der Waals surface area contributed by atoms with Crippen LogP contribution >= 0.6 is 0 Å². The molecule has 0 aromatic heterocycles. The highest BCUT2D eigenvalue weighted by Gasteiger charge is 2.17. The molecule has 1 atom stereocenters. The Morgan fingerprint density at radius 1 is 1.41 bits per heavy atom. The number of carbonyl (C=O) groups is 1. The average Bonchev–Trinajstić information content (AvgIpc) is 2.29. The second kappa shape index (κ2) is 6.28. The van der Waals surface area contributed by atoms with Crippen LogP contribution in [0.2, 0.25) is 0 Å². The van der Waals surface area contributed by atoms with Crippen molar-refractivity contribution in [2.45, 2.75) is 39.7 Å². The Morgan fingerprint density at radius 3 is 2.65 bits per heavy atom. The van der Waals surface area contributed by atoms with Gasteiger partial charge < -0.3 is 10.0 Å². The molecule has 1 aromatic rings. The molecule has 0 bridgehead atoms. The molecule has 0 heterocycles. The Bertz CT molecular complexity index is 376. The van der Waals surface area contributed by atoms with Crippen LogP contribution in [-0.4, -0.2) is 28.5 Å². The molecule has 3 heteroatoms. The van der Waals surface area contributed by atoms with Crippen LogP contribution < -0.4 is 0 Å². The molecule has 94 valence electrons. The predicted molar refractivity (Wildman–Crippen MR) is 69.0 cm³/mol. The fourth-order valence-corrected chi connectivity index (χ4v) is 1.90. The Morgan fingerprint density at radius 2 is 2.12 bits per heavy atom. The van der Waals surface area contributed by atoms with Crippen LogP contribution in [0.3, 0.4) is 0 Å². The number of benzene rings is 1. The van der Waals surface area contributed by atoms with E-state index in [1.54, 1.807) is 18.2 Å². The molecule has 0 saturated heterocycles. The van der Waals surface area contributed by atoms with Crippen molar-refractivity contribution in [3.05, 3.63) is 29.8 Å². The van der Waals surface area contributed by atoms with Gasteiger partial charge in [-0.05, 0) is 38.0 Å². The molecule has 0 saturated carbocycles.